The molecule has 0 aliphatic carbocycles. The minimum absolute atomic E-state index is 0.193. The molecule has 6 heteroatoms. The van der Waals surface area contributed by atoms with Gasteiger partial charge in [0.25, 0.3) is 0 Å². The van der Waals surface area contributed by atoms with E-state index in [-0.39, 0.29) is 11.5 Å². The first-order valence-corrected chi connectivity index (χ1v) is 5.21. The molecule has 0 saturated carbocycles. The number of hydrogen-bond donors (Lipinski definition) is 2. The van der Waals surface area contributed by atoms with Gasteiger partial charge in [-0.25, -0.2) is 0 Å². The fourth-order valence-electron chi connectivity index (χ4n) is 1.90. The molecule has 1 aromatic carbocycles. The summed E-state index contributed by atoms with van der Waals surface area (Å²) < 4.78 is 38.4. The summed E-state index contributed by atoms with van der Waals surface area (Å²) in [6.07, 6.45) is -3.84. The third-order valence-electron chi connectivity index (χ3n) is 2.66. The van der Waals surface area contributed by atoms with E-state index in [2.05, 4.69) is 10.3 Å². The van der Waals surface area contributed by atoms with E-state index < -0.39 is 17.8 Å². The van der Waals surface area contributed by atoms with Crippen LogP contribution in [0.15, 0.2) is 29.3 Å². The molecule has 0 radical (unpaired) electrons. The predicted octanol–water partition coefficient (Wildman–Crippen LogP) is 2.05. The van der Waals surface area contributed by atoms with Crippen LogP contribution in [0.3, 0.4) is 0 Å². The summed E-state index contributed by atoms with van der Waals surface area (Å²) in [4.78, 5) is 3.90. The van der Waals surface area contributed by atoms with Crippen molar-refractivity contribution in [2.24, 2.45) is 10.7 Å². The van der Waals surface area contributed by atoms with E-state index in [9.17, 15) is 13.2 Å². The minimum atomic E-state index is -4.35. The van der Waals surface area contributed by atoms with E-state index in [1.54, 1.807) is 6.07 Å². The lowest BCUT2D eigenvalue weighted by Gasteiger charge is -2.25. The van der Waals surface area contributed by atoms with Gasteiger partial charge in [0.05, 0.1) is 11.6 Å². The number of nitrogens with two attached hydrogens (primary N) is 1. The average molecular weight is 243 g/mol. The average Bonchev–Trinajstić information content (AvgIpc) is 2.28. The molecule has 3 nitrogen and oxygen atoms in total. The molecule has 1 aliphatic heterocycles. The molecule has 0 saturated heterocycles. The van der Waals surface area contributed by atoms with Gasteiger partial charge in [-0.1, -0.05) is 18.2 Å². The second kappa shape index (κ2) is 4.27. The molecule has 0 aromatic heterocycles. The van der Waals surface area contributed by atoms with Crippen molar-refractivity contribution in [3.05, 3.63) is 35.4 Å². The molecule has 92 valence electrons. The Morgan fingerprint density at radius 2 is 2.00 bits per heavy atom. The van der Waals surface area contributed by atoms with Crippen molar-refractivity contribution in [2.45, 2.75) is 18.6 Å². The van der Waals surface area contributed by atoms with Crippen molar-refractivity contribution in [2.75, 3.05) is 6.54 Å². The zero-order valence-electron chi connectivity index (χ0n) is 8.96. The summed E-state index contributed by atoms with van der Waals surface area (Å²) >= 11 is 0. The standard InChI is InChI=1S/C11H12F3N3/c12-11(13,14)8-4-2-1-3-7(8)9-5-6-16-10(15)17-9/h1-4,9H,5-6H2,(H3,15,16,17). The highest BCUT2D eigenvalue weighted by Crippen LogP contribution is 2.35. The van der Waals surface area contributed by atoms with Gasteiger partial charge in [0.1, 0.15) is 0 Å². The van der Waals surface area contributed by atoms with E-state index in [0.29, 0.717) is 13.0 Å². The molecule has 2 rings (SSSR count). The maximum atomic E-state index is 12.8. The molecule has 3 N–H and O–H groups in total. The maximum absolute atomic E-state index is 12.8. The van der Waals surface area contributed by atoms with Gasteiger partial charge in [0.15, 0.2) is 5.96 Å². The van der Waals surface area contributed by atoms with Gasteiger partial charge in [-0.2, -0.15) is 13.2 Å². The fourth-order valence-corrected chi connectivity index (χ4v) is 1.90. The molecular weight excluding hydrogens is 231 g/mol. The molecule has 0 bridgehead atoms. The number of guanidine groups is 1. The van der Waals surface area contributed by atoms with E-state index in [1.807, 2.05) is 0 Å². The highest BCUT2D eigenvalue weighted by molar-refractivity contribution is 5.79. The SMILES string of the molecule is NC1=NCCC(c2ccccc2C(F)(F)F)N1. The third kappa shape index (κ3) is 2.51. The number of hydrogen-bond acceptors (Lipinski definition) is 3. The first-order chi connectivity index (χ1) is 7.98. The Hall–Kier alpha value is -1.72. The Bertz CT molecular complexity index is 440. The third-order valence-corrected chi connectivity index (χ3v) is 2.66. The summed E-state index contributed by atoms with van der Waals surface area (Å²) in [6, 6.07) is 5.10. The van der Waals surface area contributed by atoms with Crippen LogP contribution in [0.1, 0.15) is 23.6 Å². The smallest absolute Gasteiger partial charge is 0.370 e. The Labute approximate surface area is 96.5 Å². The predicted molar refractivity (Wildman–Crippen MR) is 58.4 cm³/mol. The lowest BCUT2D eigenvalue weighted by atomic mass is 9.97. The lowest BCUT2D eigenvalue weighted by Crippen LogP contribution is -2.39. The molecular formula is C11H12F3N3. The van der Waals surface area contributed by atoms with Crippen LogP contribution in [0, 0.1) is 0 Å². The van der Waals surface area contributed by atoms with Gasteiger partial charge in [-0.15, -0.1) is 0 Å². The van der Waals surface area contributed by atoms with Crippen molar-refractivity contribution >= 4 is 5.96 Å². The minimum Gasteiger partial charge on any atom is -0.370 e. The summed E-state index contributed by atoms with van der Waals surface area (Å²) in [6.45, 7) is 0.440. The van der Waals surface area contributed by atoms with E-state index in [4.69, 9.17) is 5.73 Å². The van der Waals surface area contributed by atoms with Gasteiger partial charge in [-0.05, 0) is 18.1 Å². The highest BCUT2D eigenvalue weighted by Gasteiger charge is 2.35. The number of nitrogens with zero attached hydrogens (tertiary/aromatic N) is 1. The molecule has 0 amide bonds. The van der Waals surface area contributed by atoms with Crippen LogP contribution in [0.5, 0.6) is 0 Å². The van der Waals surface area contributed by atoms with Gasteiger partial charge in [0, 0.05) is 6.54 Å². The van der Waals surface area contributed by atoms with Crippen LogP contribution in [-0.2, 0) is 6.18 Å². The van der Waals surface area contributed by atoms with Crippen molar-refractivity contribution in [1.29, 1.82) is 0 Å². The Kier molecular flexibility index (Phi) is 2.95. The Balaban J connectivity index is 2.36. The van der Waals surface area contributed by atoms with Gasteiger partial charge in [-0.3, -0.25) is 4.99 Å². The summed E-state index contributed by atoms with van der Waals surface area (Å²) in [7, 11) is 0. The summed E-state index contributed by atoms with van der Waals surface area (Å²) in [5.41, 5.74) is 5.08. The van der Waals surface area contributed by atoms with Crippen molar-refractivity contribution in [3.8, 4) is 0 Å². The fraction of sp³-hybridized carbons (Fsp3) is 0.364. The zero-order chi connectivity index (χ0) is 12.5. The molecule has 1 unspecified atom stereocenters. The van der Waals surface area contributed by atoms with Crippen LogP contribution in [0.4, 0.5) is 13.2 Å². The normalized spacial score (nSPS) is 20.6. The van der Waals surface area contributed by atoms with Gasteiger partial charge >= 0.3 is 6.18 Å². The number of halogens is 3. The number of benzene rings is 1. The second-order valence-electron chi connectivity index (χ2n) is 3.84. The van der Waals surface area contributed by atoms with E-state index in [1.165, 1.54) is 12.1 Å². The van der Waals surface area contributed by atoms with Crippen molar-refractivity contribution in [1.82, 2.24) is 5.32 Å². The molecule has 0 spiro atoms. The zero-order valence-corrected chi connectivity index (χ0v) is 8.96. The van der Waals surface area contributed by atoms with Gasteiger partial charge in [0.2, 0.25) is 0 Å². The van der Waals surface area contributed by atoms with E-state index >= 15 is 0 Å². The van der Waals surface area contributed by atoms with Crippen LogP contribution in [0.2, 0.25) is 0 Å². The quantitative estimate of drug-likeness (QED) is 0.793. The second-order valence-corrected chi connectivity index (χ2v) is 3.84. The maximum Gasteiger partial charge on any atom is 0.416 e. The van der Waals surface area contributed by atoms with Crippen LogP contribution >= 0.6 is 0 Å². The van der Waals surface area contributed by atoms with Crippen LogP contribution in [0.25, 0.3) is 0 Å². The van der Waals surface area contributed by atoms with Crippen molar-refractivity contribution < 1.29 is 13.2 Å². The largest absolute Gasteiger partial charge is 0.416 e. The van der Waals surface area contributed by atoms with Crippen LogP contribution in [-0.4, -0.2) is 12.5 Å². The lowest BCUT2D eigenvalue weighted by molar-refractivity contribution is -0.138. The first-order valence-electron chi connectivity index (χ1n) is 5.21. The summed E-state index contributed by atoms with van der Waals surface area (Å²) in [5, 5.41) is 2.77. The number of rotatable bonds is 1. The molecule has 1 heterocycles. The Morgan fingerprint density at radius 3 is 2.65 bits per heavy atom. The number of alkyl halides is 3. The summed E-state index contributed by atoms with van der Waals surface area (Å²) in [5.74, 6) is 0.193. The molecule has 17 heavy (non-hydrogen) atoms. The highest BCUT2D eigenvalue weighted by atomic mass is 19.4. The molecule has 1 aromatic rings. The van der Waals surface area contributed by atoms with Crippen LogP contribution < -0.4 is 11.1 Å². The van der Waals surface area contributed by atoms with Crippen molar-refractivity contribution in [3.63, 3.8) is 0 Å². The molecule has 1 aliphatic rings. The topological polar surface area (TPSA) is 50.4 Å². The van der Waals surface area contributed by atoms with Gasteiger partial charge < -0.3 is 11.1 Å². The number of aliphatic imine (C=N–C) groups is 1. The molecule has 1 atom stereocenters. The van der Waals surface area contributed by atoms with E-state index in [0.717, 1.165) is 6.07 Å². The first kappa shape index (κ1) is 11.8. The Morgan fingerprint density at radius 1 is 1.29 bits per heavy atom. The monoisotopic (exact) mass is 243 g/mol. The number of nitrogens with one attached hydrogen (secondary N) is 1. The molecule has 0 fully saturated rings.